The number of nitrogen functional groups attached to an aromatic ring is 1. The van der Waals surface area contributed by atoms with Crippen LogP contribution in [0.25, 0.3) is 0 Å². The Bertz CT molecular complexity index is 639. The van der Waals surface area contributed by atoms with E-state index in [1.807, 2.05) is 6.07 Å². The summed E-state index contributed by atoms with van der Waals surface area (Å²) in [4.78, 5) is 11.9. The number of carbonyl (C=O) groups is 1. The van der Waals surface area contributed by atoms with Crippen LogP contribution in [0.4, 0.5) is 5.69 Å². The van der Waals surface area contributed by atoms with Gasteiger partial charge in [-0.2, -0.15) is 5.10 Å². The summed E-state index contributed by atoms with van der Waals surface area (Å²) in [6.45, 7) is 0.441. The van der Waals surface area contributed by atoms with Crippen LogP contribution in [-0.2, 0) is 13.5 Å². The SMILES string of the molecule is Cn1cc(N)c(C(=O)NCCc2ccc(Cl)cc2Cl)n1. The van der Waals surface area contributed by atoms with Crippen molar-refractivity contribution in [3.05, 3.63) is 45.7 Å². The van der Waals surface area contributed by atoms with E-state index in [0.29, 0.717) is 28.7 Å². The van der Waals surface area contributed by atoms with Gasteiger partial charge in [0, 0.05) is 29.8 Å². The Morgan fingerprint density at radius 3 is 2.80 bits per heavy atom. The zero-order valence-electron chi connectivity index (χ0n) is 10.9. The van der Waals surface area contributed by atoms with Gasteiger partial charge in [-0.25, -0.2) is 0 Å². The number of amides is 1. The largest absolute Gasteiger partial charge is 0.396 e. The van der Waals surface area contributed by atoms with Gasteiger partial charge in [0.2, 0.25) is 0 Å². The molecule has 2 rings (SSSR count). The Balaban J connectivity index is 1.93. The number of rotatable bonds is 4. The lowest BCUT2D eigenvalue weighted by molar-refractivity contribution is 0.0949. The maximum Gasteiger partial charge on any atom is 0.273 e. The fourth-order valence-corrected chi connectivity index (χ4v) is 2.31. The van der Waals surface area contributed by atoms with Crippen LogP contribution in [0.3, 0.4) is 0 Å². The standard InChI is InChI=1S/C13H14Cl2N4O/c1-19-7-11(16)12(18-19)13(20)17-5-4-8-2-3-9(14)6-10(8)15/h2-3,6-7H,4-5,16H2,1H3,(H,17,20). The number of hydrogen-bond acceptors (Lipinski definition) is 3. The molecular weight excluding hydrogens is 299 g/mol. The Hall–Kier alpha value is -1.72. The van der Waals surface area contributed by atoms with Crippen LogP contribution in [-0.4, -0.2) is 22.2 Å². The van der Waals surface area contributed by atoms with Gasteiger partial charge in [-0.3, -0.25) is 9.48 Å². The summed E-state index contributed by atoms with van der Waals surface area (Å²) in [6.07, 6.45) is 2.19. The number of aryl methyl sites for hydroxylation is 1. The molecule has 1 aromatic carbocycles. The van der Waals surface area contributed by atoms with Crippen LogP contribution >= 0.6 is 23.2 Å². The van der Waals surface area contributed by atoms with Crippen molar-refractivity contribution in [3.63, 3.8) is 0 Å². The lowest BCUT2D eigenvalue weighted by Gasteiger charge is -2.06. The lowest BCUT2D eigenvalue weighted by Crippen LogP contribution is -2.27. The predicted molar refractivity (Wildman–Crippen MR) is 80.1 cm³/mol. The minimum atomic E-state index is -0.298. The highest BCUT2D eigenvalue weighted by Crippen LogP contribution is 2.21. The number of anilines is 1. The van der Waals surface area contributed by atoms with Crippen LogP contribution in [0.15, 0.2) is 24.4 Å². The van der Waals surface area contributed by atoms with E-state index in [9.17, 15) is 4.79 Å². The molecule has 1 heterocycles. The van der Waals surface area contributed by atoms with Crippen molar-refractivity contribution in [1.29, 1.82) is 0 Å². The summed E-state index contributed by atoms with van der Waals surface area (Å²) in [5.74, 6) is -0.298. The number of halogens is 2. The fraction of sp³-hybridized carbons (Fsp3) is 0.231. The van der Waals surface area contributed by atoms with Gasteiger partial charge >= 0.3 is 0 Å². The molecule has 0 aliphatic carbocycles. The summed E-state index contributed by atoms with van der Waals surface area (Å²) < 4.78 is 1.50. The van der Waals surface area contributed by atoms with Crippen molar-refractivity contribution in [1.82, 2.24) is 15.1 Å². The summed E-state index contributed by atoms with van der Waals surface area (Å²) in [6, 6.07) is 5.28. The molecule has 106 valence electrons. The molecule has 3 N–H and O–H groups in total. The second kappa shape index (κ2) is 6.15. The van der Waals surface area contributed by atoms with Gasteiger partial charge in [0.1, 0.15) is 0 Å². The molecule has 0 aliphatic rings. The summed E-state index contributed by atoms with van der Waals surface area (Å²) in [5.41, 5.74) is 7.19. The number of nitrogens with one attached hydrogen (secondary N) is 1. The number of hydrogen-bond donors (Lipinski definition) is 2. The third-order valence-electron chi connectivity index (χ3n) is 2.77. The van der Waals surface area contributed by atoms with Crippen molar-refractivity contribution in [3.8, 4) is 0 Å². The molecule has 2 aromatic rings. The number of benzene rings is 1. The minimum absolute atomic E-state index is 0.231. The van der Waals surface area contributed by atoms with Crippen LogP contribution in [0, 0.1) is 0 Å². The third kappa shape index (κ3) is 3.43. The minimum Gasteiger partial charge on any atom is -0.396 e. The molecule has 1 aromatic heterocycles. The Morgan fingerprint density at radius 2 is 2.20 bits per heavy atom. The fourth-order valence-electron chi connectivity index (χ4n) is 1.80. The molecule has 0 saturated carbocycles. The maximum absolute atomic E-state index is 11.9. The molecule has 0 unspecified atom stereocenters. The van der Waals surface area contributed by atoms with Gasteiger partial charge in [-0.15, -0.1) is 0 Å². The van der Waals surface area contributed by atoms with E-state index in [1.165, 1.54) is 4.68 Å². The lowest BCUT2D eigenvalue weighted by atomic mass is 10.1. The van der Waals surface area contributed by atoms with Gasteiger partial charge in [-0.05, 0) is 24.1 Å². The first-order valence-corrected chi connectivity index (χ1v) is 6.74. The highest BCUT2D eigenvalue weighted by molar-refractivity contribution is 6.35. The molecule has 5 nitrogen and oxygen atoms in total. The van der Waals surface area contributed by atoms with Crippen molar-refractivity contribution in [2.24, 2.45) is 7.05 Å². The first kappa shape index (κ1) is 14.7. The van der Waals surface area contributed by atoms with E-state index in [0.717, 1.165) is 5.56 Å². The first-order valence-electron chi connectivity index (χ1n) is 5.98. The molecule has 0 fully saturated rings. The van der Waals surface area contributed by atoms with Crippen molar-refractivity contribution in [2.75, 3.05) is 12.3 Å². The molecule has 0 spiro atoms. The zero-order valence-corrected chi connectivity index (χ0v) is 12.4. The Morgan fingerprint density at radius 1 is 1.45 bits per heavy atom. The number of carbonyl (C=O) groups excluding carboxylic acids is 1. The molecule has 7 heteroatoms. The number of nitrogens with zero attached hydrogens (tertiary/aromatic N) is 2. The Kier molecular flexibility index (Phi) is 4.52. The molecule has 20 heavy (non-hydrogen) atoms. The summed E-state index contributed by atoms with van der Waals surface area (Å²) >= 11 is 11.9. The van der Waals surface area contributed by atoms with Gasteiger partial charge in [0.25, 0.3) is 5.91 Å². The molecule has 0 radical (unpaired) electrons. The molecule has 0 aliphatic heterocycles. The van der Waals surface area contributed by atoms with Gasteiger partial charge in [0.15, 0.2) is 5.69 Å². The Labute approximate surface area is 126 Å². The highest BCUT2D eigenvalue weighted by atomic mass is 35.5. The van der Waals surface area contributed by atoms with E-state index in [4.69, 9.17) is 28.9 Å². The van der Waals surface area contributed by atoms with E-state index in [2.05, 4.69) is 10.4 Å². The molecule has 0 bridgehead atoms. The first-order chi connectivity index (χ1) is 9.47. The maximum atomic E-state index is 11.9. The average molecular weight is 313 g/mol. The van der Waals surface area contributed by atoms with Crippen molar-refractivity contribution < 1.29 is 4.79 Å². The predicted octanol–water partition coefficient (Wildman–Crippen LogP) is 2.28. The normalized spacial score (nSPS) is 10.6. The zero-order chi connectivity index (χ0) is 14.7. The monoisotopic (exact) mass is 312 g/mol. The smallest absolute Gasteiger partial charge is 0.273 e. The second-order valence-electron chi connectivity index (χ2n) is 4.35. The van der Waals surface area contributed by atoms with Gasteiger partial charge in [-0.1, -0.05) is 29.3 Å². The van der Waals surface area contributed by atoms with Crippen LogP contribution < -0.4 is 11.1 Å². The molecule has 0 saturated heterocycles. The second-order valence-corrected chi connectivity index (χ2v) is 5.19. The highest BCUT2D eigenvalue weighted by Gasteiger charge is 2.13. The average Bonchev–Trinajstić information content (AvgIpc) is 2.71. The van der Waals surface area contributed by atoms with E-state index < -0.39 is 0 Å². The summed E-state index contributed by atoms with van der Waals surface area (Å²) in [7, 11) is 1.71. The van der Waals surface area contributed by atoms with E-state index in [1.54, 1.807) is 25.4 Å². The number of aromatic nitrogens is 2. The molecule has 1 amide bonds. The van der Waals surface area contributed by atoms with Gasteiger partial charge < -0.3 is 11.1 Å². The quantitative estimate of drug-likeness (QED) is 0.909. The molecular formula is C13H14Cl2N4O. The van der Waals surface area contributed by atoms with E-state index >= 15 is 0 Å². The summed E-state index contributed by atoms with van der Waals surface area (Å²) in [5, 5.41) is 7.93. The van der Waals surface area contributed by atoms with Crippen LogP contribution in [0.1, 0.15) is 16.1 Å². The van der Waals surface area contributed by atoms with Crippen LogP contribution in [0.2, 0.25) is 10.0 Å². The van der Waals surface area contributed by atoms with Crippen molar-refractivity contribution in [2.45, 2.75) is 6.42 Å². The third-order valence-corrected chi connectivity index (χ3v) is 3.35. The number of nitrogens with two attached hydrogens (primary N) is 1. The van der Waals surface area contributed by atoms with Crippen LogP contribution in [0.5, 0.6) is 0 Å². The molecule has 0 atom stereocenters. The van der Waals surface area contributed by atoms with E-state index in [-0.39, 0.29) is 11.6 Å². The van der Waals surface area contributed by atoms with Crippen molar-refractivity contribution >= 4 is 34.8 Å². The topological polar surface area (TPSA) is 72.9 Å². The van der Waals surface area contributed by atoms with Gasteiger partial charge in [0.05, 0.1) is 5.69 Å².